The molecule has 0 saturated heterocycles. The Bertz CT molecular complexity index is 784. The molecule has 0 aliphatic rings. The average Bonchev–Trinajstić information content (AvgIpc) is 2.76. The molecule has 4 nitrogen and oxygen atoms in total. The highest BCUT2D eigenvalue weighted by atomic mass is 32.2. The lowest BCUT2D eigenvalue weighted by atomic mass is 10.1. The van der Waals surface area contributed by atoms with Gasteiger partial charge < -0.3 is 10.2 Å². The van der Waals surface area contributed by atoms with Gasteiger partial charge in [0.05, 0.1) is 0 Å². The maximum Gasteiger partial charge on any atom is 0.242 e. The number of thioether (sulfide) groups is 1. The van der Waals surface area contributed by atoms with Gasteiger partial charge in [0, 0.05) is 31.0 Å². The number of unbranched alkanes of at least 4 members (excludes halogenated alkanes) is 1. The maximum absolute atomic E-state index is 13.2. The van der Waals surface area contributed by atoms with Crippen molar-refractivity contribution in [2.45, 2.75) is 51.4 Å². The topological polar surface area (TPSA) is 49.4 Å². The van der Waals surface area contributed by atoms with Crippen LogP contribution in [0.4, 0.5) is 4.39 Å². The minimum absolute atomic E-state index is 0.0713. The molecule has 162 valence electrons. The molecule has 0 heterocycles. The van der Waals surface area contributed by atoms with Gasteiger partial charge >= 0.3 is 0 Å². The Balaban J connectivity index is 1.96. The van der Waals surface area contributed by atoms with Crippen molar-refractivity contribution in [1.82, 2.24) is 10.2 Å². The third kappa shape index (κ3) is 8.19. The SMILES string of the molecule is CCCCNC(=O)[C@@H](C)N(Cc1ccc(F)cc1)C(=O)CCSCc1ccccc1. The van der Waals surface area contributed by atoms with Gasteiger partial charge in [0.25, 0.3) is 0 Å². The van der Waals surface area contributed by atoms with Gasteiger partial charge in [-0.25, -0.2) is 4.39 Å². The van der Waals surface area contributed by atoms with Gasteiger partial charge in [0.15, 0.2) is 0 Å². The zero-order valence-corrected chi connectivity index (χ0v) is 18.6. The highest BCUT2D eigenvalue weighted by Gasteiger charge is 2.25. The molecule has 2 aromatic carbocycles. The zero-order chi connectivity index (χ0) is 21.8. The molecule has 2 aromatic rings. The molecule has 0 radical (unpaired) electrons. The molecule has 0 fully saturated rings. The second kappa shape index (κ2) is 13.1. The lowest BCUT2D eigenvalue weighted by Crippen LogP contribution is -2.47. The molecule has 0 aliphatic carbocycles. The van der Waals surface area contributed by atoms with Crippen LogP contribution in [0, 0.1) is 5.82 Å². The summed E-state index contributed by atoms with van der Waals surface area (Å²) < 4.78 is 13.2. The molecule has 30 heavy (non-hydrogen) atoms. The van der Waals surface area contributed by atoms with E-state index in [1.807, 2.05) is 18.2 Å². The maximum atomic E-state index is 13.2. The summed E-state index contributed by atoms with van der Waals surface area (Å²) in [6.07, 6.45) is 2.25. The minimum atomic E-state index is -0.585. The molecule has 1 N–H and O–H groups in total. The van der Waals surface area contributed by atoms with E-state index in [0.29, 0.717) is 18.7 Å². The number of amides is 2. The van der Waals surface area contributed by atoms with E-state index >= 15 is 0 Å². The number of carbonyl (C=O) groups is 2. The number of carbonyl (C=O) groups excluding carboxylic acids is 2. The summed E-state index contributed by atoms with van der Waals surface area (Å²) in [4.78, 5) is 27.1. The van der Waals surface area contributed by atoms with E-state index in [9.17, 15) is 14.0 Å². The molecular formula is C24H31FN2O2S. The van der Waals surface area contributed by atoms with Crippen LogP contribution in [0.5, 0.6) is 0 Å². The molecular weight excluding hydrogens is 399 g/mol. The number of nitrogens with one attached hydrogen (secondary N) is 1. The van der Waals surface area contributed by atoms with Crippen molar-refractivity contribution in [3.8, 4) is 0 Å². The number of nitrogens with zero attached hydrogens (tertiary/aromatic N) is 1. The average molecular weight is 431 g/mol. The lowest BCUT2D eigenvalue weighted by Gasteiger charge is -2.29. The van der Waals surface area contributed by atoms with Crippen molar-refractivity contribution in [2.24, 2.45) is 0 Å². The normalized spacial score (nSPS) is 11.7. The standard InChI is InChI=1S/C24H31FN2O2S/c1-3-4-15-26-24(29)19(2)27(17-20-10-12-22(25)13-11-20)23(28)14-16-30-18-21-8-6-5-7-9-21/h5-13,19H,3-4,14-18H2,1-2H3,(H,26,29)/t19-/m1/s1. The zero-order valence-electron chi connectivity index (χ0n) is 17.8. The van der Waals surface area contributed by atoms with Crippen LogP contribution in [-0.4, -0.2) is 35.1 Å². The quantitative estimate of drug-likeness (QED) is 0.493. The van der Waals surface area contributed by atoms with E-state index < -0.39 is 6.04 Å². The van der Waals surface area contributed by atoms with Crippen LogP contribution in [0.15, 0.2) is 54.6 Å². The van der Waals surface area contributed by atoms with E-state index in [1.165, 1.54) is 17.7 Å². The van der Waals surface area contributed by atoms with Gasteiger partial charge in [-0.2, -0.15) is 11.8 Å². The highest BCUT2D eigenvalue weighted by Crippen LogP contribution is 2.16. The molecule has 0 spiro atoms. The Hall–Kier alpha value is -2.34. The largest absolute Gasteiger partial charge is 0.354 e. The first-order valence-electron chi connectivity index (χ1n) is 10.4. The summed E-state index contributed by atoms with van der Waals surface area (Å²) in [6, 6.07) is 15.6. The summed E-state index contributed by atoms with van der Waals surface area (Å²) in [5, 5.41) is 2.90. The van der Waals surface area contributed by atoms with E-state index in [4.69, 9.17) is 0 Å². The molecule has 0 saturated carbocycles. The first kappa shape index (κ1) is 23.9. The fourth-order valence-corrected chi connectivity index (χ4v) is 3.86. The van der Waals surface area contributed by atoms with Gasteiger partial charge in [0.1, 0.15) is 11.9 Å². The second-order valence-electron chi connectivity index (χ2n) is 7.26. The summed E-state index contributed by atoms with van der Waals surface area (Å²) in [6.45, 7) is 4.70. The van der Waals surface area contributed by atoms with E-state index in [2.05, 4.69) is 24.4 Å². The molecule has 6 heteroatoms. The summed E-state index contributed by atoms with van der Waals surface area (Å²) in [7, 11) is 0. The molecule has 0 bridgehead atoms. The van der Waals surface area contributed by atoms with Crippen molar-refractivity contribution in [3.63, 3.8) is 0 Å². The summed E-state index contributed by atoms with van der Waals surface area (Å²) in [5.74, 6) is 0.977. The minimum Gasteiger partial charge on any atom is -0.354 e. The number of hydrogen-bond acceptors (Lipinski definition) is 3. The summed E-state index contributed by atoms with van der Waals surface area (Å²) in [5.41, 5.74) is 2.02. The van der Waals surface area contributed by atoms with Crippen LogP contribution in [0.25, 0.3) is 0 Å². The van der Waals surface area contributed by atoms with Gasteiger partial charge in [-0.05, 0) is 36.6 Å². The van der Waals surface area contributed by atoms with Gasteiger partial charge in [0.2, 0.25) is 11.8 Å². The summed E-state index contributed by atoms with van der Waals surface area (Å²) >= 11 is 1.70. The van der Waals surface area contributed by atoms with Crippen molar-refractivity contribution in [3.05, 3.63) is 71.5 Å². The molecule has 0 unspecified atom stereocenters. The van der Waals surface area contributed by atoms with E-state index in [1.54, 1.807) is 35.7 Å². The monoisotopic (exact) mass is 430 g/mol. The number of halogens is 1. The smallest absolute Gasteiger partial charge is 0.242 e. The predicted molar refractivity (Wildman–Crippen MR) is 122 cm³/mol. The highest BCUT2D eigenvalue weighted by molar-refractivity contribution is 7.98. The first-order valence-corrected chi connectivity index (χ1v) is 11.6. The second-order valence-corrected chi connectivity index (χ2v) is 8.36. The van der Waals surface area contributed by atoms with Crippen molar-refractivity contribution in [2.75, 3.05) is 12.3 Å². The predicted octanol–water partition coefficient (Wildman–Crippen LogP) is 4.78. The fraction of sp³-hybridized carbons (Fsp3) is 0.417. The molecule has 0 aromatic heterocycles. The molecule has 2 amide bonds. The Morgan fingerprint density at radius 3 is 2.43 bits per heavy atom. The molecule has 2 rings (SSSR count). The van der Waals surface area contributed by atoms with Crippen LogP contribution in [0.3, 0.4) is 0 Å². The van der Waals surface area contributed by atoms with Gasteiger partial charge in [-0.3, -0.25) is 9.59 Å². The van der Waals surface area contributed by atoms with Crippen LogP contribution in [0.2, 0.25) is 0 Å². The van der Waals surface area contributed by atoms with E-state index in [0.717, 1.165) is 24.2 Å². The van der Waals surface area contributed by atoms with Crippen LogP contribution >= 0.6 is 11.8 Å². The van der Waals surface area contributed by atoms with Gasteiger partial charge in [-0.15, -0.1) is 0 Å². The Morgan fingerprint density at radius 2 is 1.77 bits per heavy atom. The van der Waals surface area contributed by atoms with Crippen molar-refractivity contribution < 1.29 is 14.0 Å². The number of benzene rings is 2. The third-order valence-electron chi connectivity index (χ3n) is 4.83. The Kier molecular flexibility index (Phi) is 10.4. The molecule has 1 atom stereocenters. The Morgan fingerprint density at radius 1 is 1.07 bits per heavy atom. The lowest BCUT2D eigenvalue weighted by molar-refractivity contribution is -0.140. The molecule has 0 aliphatic heterocycles. The van der Waals surface area contributed by atoms with Crippen molar-refractivity contribution in [1.29, 1.82) is 0 Å². The fourth-order valence-electron chi connectivity index (χ4n) is 2.97. The van der Waals surface area contributed by atoms with Crippen LogP contribution in [-0.2, 0) is 21.9 Å². The first-order chi connectivity index (χ1) is 14.5. The third-order valence-corrected chi connectivity index (χ3v) is 5.87. The van der Waals surface area contributed by atoms with Gasteiger partial charge in [-0.1, -0.05) is 55.8 Å². The van der Waals surface area contributed by atoms with Crippen molar-refractivity contribution >= 4 is 23.6 Å². The number of hydrogen-bond donors (Lipinski definition) is 1. The van der Waals surface area contributed by atoms with Crippen LogP contribution < -0.4 is 5.32 Å². The van der Waals surface area contributed by atoms with E-state index in [-0.39, 0.29) is 24.2 Å². The Labute approximate surface area is 183 Å². The number of rotatable bonds is 12. The van der Waals surface area contributed by atoms with Crippen LogP contribution in [0.1, 0.15) is 44.2 Å².